The minimum Gasteiger partial charge on any atom is -0.293 e. The van der Waals surface area contributed by atoms with Gasteiger partial charge in [-0.2, -0.15) is 0 Å². The molecule has 0 radical (unpaired) electrons. The third-order valence-electron chi connectivity index (χ3n) is 2.22. The lowest BCUT2D eigenvalue weighted by Gasteiger charge is -1.96. The Labute approximate surface area is 112 Å². The van der Waals surface area contributed by atoms with E-state index in [0.717, 1.165) is 0 Å². The lowest BCUT2D eigenvalue weighted by Crippen LogP contribution is -2.02. The normalized spacial score (nSPS) is 10.4. The molecule has 0 unspecified atom stereocenters. The minimum atomic E-state index is -0.0215. The van der Waals surface area contributed by atoms with E-state index in [1.165, 1.54) is 22.7 Å². The average Bonchev–Trinajstić information content (AvgIpc) is 2.95. The zero-order valence-electron chi connectivity index (χ0n) is 8.81. The highest BCUT2D eigenvalue weighted by Crippen LogP contribution is 2.23. The van der Waals surface area contributed by atoms with Gasteiger partial charge in [0.25, 0.3) is 0 Å². The first kappa shape index (κ1) is 12.5. The summed E-state index contributed by atoms with van der Waals surface area (Å²) in [4.78, 5) is 24.7. The van der Waals surface area contributed by atoms with Gasteiger partial charge >= 0.3 is 0 Å². The van der Waals surface area contributed by atoms with Crippen molar-refractivity contribution in [3.63, 3.8) is 0 Å². The molecule has 2 aromatic rings. The fourth-order valence-corrected chi connectivity index (χ4v) is 3.08. The Kier molecular flexibility index (Phi) is 4.10. The first-order valence-electron chi connectivity index (χ1n) is 5.02. The number of halogens is 1. The molecule has 0 aliphatic carbocycles. The van der Waals surface area contributed by atoms with E-state index in [9.17, 15) is 9.59 Å². The summed E-state index contributed by atoms with van der Waals surface area (Å²) in [7, 11) is 0. The zero-order chi connectivity index (χ0) is 12.3. The molecular weight excluding hydrogens is 276 g/mol. The first-order chi connectivity index (χ1) is 8.16. The summed E-state index contributed by atoms with van der Waals surface area (Å²) in [6.07, 6.45) is 0.502. The number of hydrogen-bond acceptors (Lipinski definition) is 4. The minimum absolute atomic E-state index is 0.0215. The molecular formula is C12H9ClO2S2. The Bertz CT molecular complexity index is 528. The molecule has 0 atom stereocenters. The van der Waals surface area contributed by atoms with Crippen LogP contribution in [0, 0.1) is 0 Å². The van der Waals surface area contributed by atoms with E-state index in [0.29, 0.717) is 14.1 Å². The van der Waals surface area contributed by atoms with Gasteiger partial charge in [-0.15, -0.1) is 22.7 Å². The van der Waals surface area contributed by atoms with Crippen molar-refractivity contribution in [3.05, 3.63) is 43.7 Å². The van der Waals surface area contributed by atoms with E-state index in [1.807, 2.05) is 11.4 Å². The van der Waals surface area contributed by atoms with Crippen LogP contribution in [0.2, 0.25) is 4.34 Å². The summed E-state index contributed by atoms with van der Waals surface area (Å²) in [5.74, 6) is 0.00260. The van der Waals surface area contributed by atoms with Crippen LogP contribution < -0.4 is 0 Å². The molecule has 0 N–H and O–H groups in total. The number of thiophene rings is 2. The zero-order valence-corrected chi connectivity index (χ0v) is 11.2. The maximum absolute atomic E-state index is 11.7. The van der Waals surface area contributed by atoms with Crippen molar-refractivity contribution < 1.29 is 9.59 Å². The molecule has 0 saturated carbocycles. The summed E-state index contributed by atoms with van der Waals surface area (Å²) < 4.78 is 0.595. The second kappa shape index (κ2) is 5.58. The van der Waals surface area contributed by atoms with E-state index in [2.05, 4.69) is 0 Å². The Morgan fingerprint density at radius 3 is 2.29 bits per heavy atom. The molecule has 88 valence electrons. The fourth-order valence-electron chi connectivity index (χ4n) is 1.37. The number of Topliss-reactive ketones (excluding diaryl/α,β-unsaturated/α-hetero) is 2. The highest BCUT2D eigenvalue weighted by Gasteiger charge is 2.13. The van der Waals surface area contributed by atoms with Crippen LogP contribution in [0.5, 0.6) is 0 Å². The standard InChI is InChI=1S/C12H9ClO2S2/c13-12-6-5-11(17-12)9(15)4-3-8(14)10-2-1-7-16-10/h1-2,5-7H,3-4H2. The van der Waals surface area contributed by atoms with Gasteiger partial charge in [0.1, 0.15) is 0 Å². The highest BCUT2D eigenvalue weighted by atomic mass is 35.5. The summed E-state index contributed by atoms with van der Waals surface area (Å²) in [5.41, 5.74) is 0. The summed E-state index contributed by atoms with van der Waals surface area (Å²) in [6, 6.07) is 7.00. The maximum atomic E-state index is 11.7. The molecule has 2 heterocycles. The average molecular weight is 285 g/mol. The Morgan fingerprint density at radius 1 is 1.06 bits per heavy atom. The van der Waals surface area contributed by atoms with Gasteiger partial charge in [-0.3, -0.25) is 9.59 Å². The van der Waals surface area contributed by atoms with Crippen LogP contribution in [0.25, 0.3) is 0 Å². The van der Waals surface area contributed by atoms with Crippen LogP contribution in [0.3, 0.4) is 0 Å². The maximum Gasteiger partial charge on any atom is 0.173 e. The van der Waals surface area contributed by atoms with Crippen LogP contribution in [0.4, 0.5) is 0 Å². The van der Waals surface area contributed by atoms with Gasteiger partial charge < -0.3 is 0 Å². The van der Waals surface area contributed by atoms with Gasteiger partial charge in [0.2, 0.25) is 0 Å². The number of rotatable bonds is 5. The number of carbonyl (C=O) groups excluding carboxylic acids is 2. The van der Waals surface area contributed by atoms with Gasteiger partial charge in [0, 0.05) is 12.8 Å². The van der Waals surface area contributed by atoms with Crippen molar-refractivity contribution in [1.82, 2.24) is 0 Å². The molecule has 5 heteroatoms. The van der Waals surface area contributed by atoms with Crippen LogP contribution in [0.1, 0.15) is 32.2 Å². The Hall–Kier alpha value is -0.970. The molecule has 0 spiro atoms. The lowest BCUT2D eigenvalue weighted by atomic mass is 10.1. The molecule has 0 aliphatic heterocycles. The quantitative estimate of drug-likeness (QED) is 0.767. The van der Waals surface area contributed by atoms with Crippen molar-refractivity contribution in [2.45, 2.75) is 12.8 Å². The molecule has 0 aromatic carbocycles. The summed E-state index contributed by atoms with van der Waals surface area (Å²) in [6.45, 7) is 0. The van der Waals surface area contributed by atoms with Crippen LogP contribution >= 0.6 is 34.3 Å². The largest absolute Gasteiger partial charge is 0.293 e. The van der Waals surface area contributed by atoms with Gasteiger partial charge in [-0.05, 0) is 23.6 Å². The topological polar surface area (TPSA) is 34.1 Å². The smallest absolute Gasteiger partial charge is 0.173 e. The van der Waals surface area contributed by atoms with Crippen LogP contribution in [-0.2, 0) is 0 Å². The van der Waals surface area contributed by atoms with Gasteiger partial charge in [0.05, 0.1) is 14.1 Å². The van der Waals surface area contributed by atoms with Gasteiger partial charge in [0.15, 0.2) is 11.6 Å². The molecule has 2 nitrogen and oxygen atoms in total. The Balaban J connectivity index is 1.91. The third kappa shape index (κ3) is 3.25. The number of hydrogen-bond donors (Lipinski definition) is 0. The van der Waals surface area contributed by atoms with Gasteiger partial charge in [-0.25, -0.2) is 0 Å². The van der Waals surface area contributed by atoms with Crippen molar-refractivity contribution in [1.29, 1.82) is 0 Å². The molecule has 0 aliphatic rings. The lowest BCUT2D eigenvalue weighted by molar-refractivity contribution is 0.0921. The molecule has 2 rings (SSSR count). The second-order valence-corrected chi connectivity index (χ2v) is 6.09. The molecule has 0 fully saturated rings. The predicted molar refractivity (Wildman–Crippen MR) is 71.5 cm³/mol. The first-order valence-corrected chi connectivity index (χ1v) is 7.09. The fraction of sp³-hybridized carbons (Fsp3) is 0.167. The third-order valence-corrected chi connectivity index (χ3v) is 4.41. The number of ketones is 2. The van der Waals surface area contributed by atoms with Crippen LogP contribution in [-0.4, -0.2) is 11.6 Å². The van der Waals surface area contributed by atoms with E-state index in [4.69, 9.17) is 11.6 Å². The van der Waals surface area contributed by atoms with Crippen molar-refractivity contribution in [3.8, 4) is 0 Å². The second-order valence-electron chi connectivity index (χ2n) is 3.43. The molecule has 0 bridgehead atoms. The highest BCUT2D eigenvalue weighted by molar-refractivity contribution is 7.18. The molecule has 17 heavy (non-hydrogen) atoms. The van der Waals surface area contributed by atoms with Crippen LogP contribution in [0.15, 0.2) is 29.6 Å². The van der Waals surface area contributed by atoms with E-state index >= 15 is 0 Å². The monoisotopic (exact) mass is 284 g/mol. The predicted octanol–water partition coefficient (Wildman–Crippen LogP) is 4.31. The van der Waals surface area contributed by atoms with Crippen molar-refractivity contribution in [2.24, 2.45) is 0 Å². The van der Waals surface area contributed by atoms with Gasteiger partial charge in [-0.1, -0.05) is 17.7 Å². The van der Waals surface area contributed by atoms with Crippen molar-refractivity contribution >= 4 is 45.8 Å². The SMILES string of the molecule is O=C(CCC(=O)c1ccc(Cl)s1)c1cccs1. The van der Waals surface area contributed by atoms with E-state index < -0.39 is 0 Å². The Morgan fingerprint density at radius 2 is 1.76 bits per heavy atom. The molecule has 0 amide bonds. The molecule has 2 aromatic heterocycles. The van der Waals surface area contributed by atoms with E-state index in [-0.39, 0.29) is 24.4 Å². The summed E-state index contributed by atoms with van der Waals surface area (Å²) in [5, 5.41) is 1.86. The number of carbonyl (C=O) groups is 2. The van der Waals surface area contributed by atoms with E-state index in [1.54, 1.807) is 18.2 Å². The molecule has 0 saturated heterocycles. The van der Waals surface area contributed by atoms with Crippen molar-refractivity contribution in [2.75, 3.05) is 0 Å². The summed E-state index contributed by atoms with van der Waals surface area (Å²) >= 11 is 8.40.